The number of nitriles is 1. The number of aromatic nitrogens is 2. The van der Waals surface area contributed by atoms with Crippen molar-refractivity contribution < 1.29 is 0 Å². The van der Waals surface area contributed by atoms with Gasteiger partial charge in [0.15, 0.2) is 0 Å². The van der Waals surface area contributed by atoms with E-state index in [2.05, 4.69) is 27.6 Å². The number of likely N-dealkylation sites (N-methyl/N-ethyl adjacent to an activating group) is 1. The number of para-hydroxylation sites is 1. The highest BCUT2D eigenvalue weighted by molar-refractivity contribution is 6.16. The van der Waals surface area contributed by atoms with E-state index < -0.39 is 0 Å². The summed E-state index contributed by atoms with van der Waals surface area (Å²) >= 11 is 6.04. The first-order valence-electron chi connectivity index (χ1n) is 6.89. The van der Waals surface area contributed by atoms with Crippen LogP contribution in [0, 0.1) is 11.3 Å². The molecule has 20 heavy (non-hydrogen) atoms. The summed E-state index contributed by atoms with van der Waals surface area (Å²) in [6.45, 7) is 2.04. The second kappa shape index (κ2) is 5.43. The van der Waals surface area contributed by atoms with Crippen molar-refractivity contribution in [1.29, 1.82) is 5.26 Å². The fraction of sp³-hybridized carbons (Fsp3) is 0.467. The van der Waals surface area contributed by atoms with Gasteiger partial charge in [-0.3, -0.25) is 0 Å². The monoisotopic (exact) mass is 288 g/mol. The van der Waals surface area contributed by atoms with Crippen LogP contribution in [0.2, 0.25) is 0 Å². The Morgan fingerprint density at radius 3 is 3.00 bits per heavy atom. The number of likely N-dealkylation sites (tertiary alicyclic amines) is 1. The number of hydrogen-bond donors (Lipinski definition) is 0. The van der Waals surface area contributed by atoms with Crippen molar-refractivity contribution in [2.45, 2.75) is 31.3 Å². The van der Waals surface area contributed by atoms with Crippen molar-refractivity contribution >= 4 is 22.6 Å². The number of alkyl halides is 1. The maximum Gasteiger partial charge on any atom is 0.124 e. The van der Waals surface area contributed by atoms with Crippen LogP contribution in [0.25, 0.3) is 11.0 Å². The summed E-state index contributed by atoms with van der Waals surface area (Å²) in [4.78, 5) is 6.95. The normalized spacial score (nSPS) is 19.6. The summed E-state index contributed by atoms with van der Waals surface area (Å²) in [6.07, 6.45) is 2.45. The lowest BCUT2D eigenvalue weighted by molar-refractivity contribution is 0.282. The van der Waals surface area contributed by atoms with E-state index in [1.165, 1.54) is 12.8 Å². The molecule has 1 unspecified atom stereocenters. The number of fused-ring (bicyclic) bond motifs is 1. The zero-order chi connectivity index (χ0) is 14.1. The average molecular weight is 289 g/mol. The molecule has 5 heteroatoms. The standard InChI is InChI=1S/C15H17ClN4/c1-19-7-3-5-12(19)10-20-13-6-2-4-11(9-17)15(13)18-14(20)8-16/h2,4,6,12H,3,5,7-8,10H2,1H3. The van der Waals surface area contributed by atoms with Crippen LogP contribution in [0.5, 0.6) is 0 Å². The predicted molar refractivity (Wildman–Crippen MR) is 79.7 cm³/mol. The molecule has 1 aromatic heterocycles. The van der Waals surface area contributed by atoms with Gasteiger partial charge in [-0.15, -0.1) is 11.6 Å². The zero-order valence-corrected chi connectivity index (χ0v) is 12.3. The number of imidazole rings is 1. The Labute approximate surface area is 123 Å². The molecule has 3 rings (SSSR count). The molecule has 0 aliphatic carbocycles. The van der Waals surface area contributed by atoms with Crippen LogP contribution in [0.4, 0.5) is 0 Å². The van der Waals surface area contributed by atoms with Crippen LogP contribution in [-0.4, -0.2) is 34.1 Å². The van der Waals surface area contributed by atoms with Gasteiger partial charge in [-0.1, -0.05) is 6.07 Å². The van der Waals surface area contributed by atoms with E-state index in [1.54, 1.807) is 6.07 Å². The summed E-state index contributed by atoms with van der Waals surface area (Å²) in [5, 5.41) is 9.19. The van der Waals surface area contributed by atoms with Crippen molar-refractivity contribution in [3.05, 3.63) is 29.6 Å². The highest BCUT2D eigenvalue weighted by Crippen LogP contribution is 2.24. The van der Waals surface area contributed by atoms with Gasteiger partial charge in [0.2, 0.25) is 0 Å². The summed E-state index contributed by atoms with van der Waals surface area (Å²) < 4.78 is 2.18. The number of nitrogens with zero attached hydrogens (tertiary/aromatic N) is 4. The second-order valence-electron chi connectivity index (χ2n) is 5.33. The molecule has 0 radical (unpaired) electrons. The van der Waals surface area contributed by atoms with Crippen LogP contribution in [0.3, 0.4) is 0 Å². The number of halogens is 1. The van der Waals surface area contributed by atoms with E-state index in [0.717, 1.165) is 29.9 Å². The lowest BCUT2D eigenvalue weighted by Gasteiger charge is -2.21. The highest BCUT2D eigenvalue weighted by atomic mass is 35.5. The van der Waals surface area contributed by atoms with Crippen molar-refractivity contribution in [2.75, 3.05) is 13.6 Å². The average Bonchev–Trinajstić information content (AvgIpc) is 3.03. The molecule has 0 saturated carbocycles. The molecule has 104 valence electrons. The van der Waals surface area contributed by atoms with E-state index in [0.29, 0.717) is 17.5 Å². The Kier molecular flexibility index (Phi) is 3.64. The molecule has 1 fully saturated rings. The molecular formula is C15H17ClN4. The van der Waals surface area contributed by atoms with Gasteiger partial charge in [0, 0.05) is 12.6 Å². The summed E-state index contributed by atoms with van der Waals surface area (Å²) in [5.41, 5.74) is 2.40. The van der Waals surface area contributed by atoms with Crippen LogP contribution in [0.15, 0.2) is 18.2 Å². The molecule has 0 amide bonds. The van der Waals surface area contributed by atoms with Gasteiger partial charge in [-0.05, 0) is 38.6 Å². The van der Waals surface area contributed by atoms with Crippen LogP contribution >= 0.6 is 11.6 Å². The Bertz CT molecular complexity index is 670. The minimum absolute atomic E-state index is 0.371. The predicted octanol–water partition coefficient (Wildman–Crippen LogP) is 2.74. The molecule has 2 aromatic rings. The first-order chi connectivity index (χ1) is 9.74. The van der Waals surface area contributed by atoms with Gasteiger partial charge < -0.3 is 9.47 Å². The fourth-order valence-corrected chi connectivity index (χ4v) is 3.22. The summed E-state index contributed by atoms with van der Waals surface area (Å²) in [6, 6.07) is 8.47. The SMILES string of the molecule is CN1CCCC1Cn1c(CCl)nc2c(C#N)cccc21. The van der Waals surface area contributed by atoms with Gasteiger partial charge in [0.25, 0.3) is 0 Å². The van der Waals surface area contributed by atoms with Gasteiger partial charge >= 0.3 is 0 Å². The topological polar surface area (TPSA) is 44.9 Å². The summed E-state index contributed by atoms with van der Waals surface area (Å²) in [5.74, 6) is 1.22. The second-order valence-corrected chi connectivity index (χ2v) is 5.60. The van der Waals surface area contributed by atoms with Gasteiger partial charge in [0.1, 0.15) is 17.4 Å². The summed E-state index contributed by atoms with van der Waals surface area (Å²) in [7, 11) is 2.16. The first kappa shape index (κ1) is 13.4. The smallest absolute Gasteiger partial charge is 0.124 e. The molecule has 1 aliphatic heterocycles. The van der Waals surface area contributed by atoms with Crippen molar-refractivity contribution in [2.24, 2.45) is 0 Å². The van der Waals surface area contributed by atoms with Gasteiger partial charge in [-0.25, -0.2) is 4.98 Å². The number of benzene rings is 1. The maximum absolute atomic E-state index is 9.19. The Morgan fingerprint density at radius 1 is 1.50 bits per heavy atom. The largest absolute Gasteiger partial charge is 0.325 e. The fourth-order valence-electron chi connectivity index (χ4n) is 3.01. The third kappa shape index (κ3) is 2.17. The highest BCUT2D eigenvalue weighted by Gasteiger charge is 2.23. The molecule has 0 spiro atoms. The number of hydrogen-bond acceptors (Lipinski definition) is 3. The zero-order valence-electron chi connectivity index (χ0n) is 11.5. The molecular weight excluding hydrogens is 272 g/mol. The quantitative estimate of drug-likeness (QED) is 0.816. The molecule has 1 atom stereocenters. The van der Waals surface area contributed by atoms with Gasteiger partial charge in [-0.2, -0.15) is 5.26 Å². The lowest BCUT2D eigenvalue weighted by Crippen LogP contribution is -2.29. The van der Waals surface area contributed by atoms with Crippen LogP contribution in [0.1, 0.15) is 24.2 Å². The van der Waals surface area contributed by atoms with E-state index in [-0.39, 0.29) is 0 Å². The molecule has 2 heterocycles. The maximum atomic E-state index is 9.19. The Morgan fingerprint density at radius 2 is 2.35 bits per heavy atom. The minimum atomic E-state index is 0.371. The van der Waals surface area contributed by atoms with Gasteiger partial charge in [0.05, 0.1) is 17.0 Å². The third-order valence-corrected chi connectivity index (χ3v) is 4.40. The molecule has 1 saturated heterocycles. The molecule has 0 bridgehead atoms. The van der Waals surface area contributed by atoms with Crippen LogP contribution < -0.4 is 0 Å². The van der Waals surface area contributed by atoms with E-state index >= 15 is 0 Å². The molecule has 1 aromatic carbocycles. The van der Waals surface area contributed by atoms with E-state index in [9.17, 15) is 5.26 Å². The molecule has 0 N–H and O–H groups in total. The van der Waals surface area contributed by atoms with Crippen LogP contribution in [-0.2, 0) is 12.4 Å². The Hall–Kier alpha value is -1.57. The van der Waals surface area contributed by atoms with Crippen molar-refractivity contribution in [3.8, 4) is 6.07 Å². The van der Waals surface area contributed by atoms with E-state index in [1.807, 2.05) is 12.1 Å². The number of rotatable bonds is 3. The van der Waals surface area contributed by atoms with E-state index in [4.69, 9.17) is 11.6 Å². The minimum Gasteiger partial charge on any atom is -0.325 e. The van der Waals surface area contributed by atoms with Crippen molar-refractivity contribution in [1.82, 2.24) is 14.5 Å². The Balaban J connectivity index is 2.07. The lowest BCUT2D eigenvalue weighted by atomic mass is 10.2. The third-order valence-electron chi connectivity index (χ3n) is 4.16. The van der Waals surface area contributed by atoms with Crippen molar-refractivity contribution in [3.63, 3.8) is 0 Å². The molecule has 4 nitrogen and oxygen atoms in total. The molecule has 1 aliphatic rings. The first-order valence-corrected chi connectivity index (χ1v) is 7.42.